The number of nitrogens with zero attached hydrogens (tertiary/aromatic N) is 5. The predicted octanol–water partition coefficient (Wildman–Crippen LogP) is 3.26. The predicted molar refractivity (Wildman–Crippen MR) is 230 cm³/mol. The lowest BCUT2D eigenvalue weighted by Gasteiger charge is -2.38. The molecule has 2 atom stereocenters. The van der Waals surface area contributed by atoms with E-state index in [9.17, 15) is 33.6 Å². The molecule has 0 spiro atoms. The Morgan fingerprint density at radius 1 is 0.873 bits per heavy atom. The number of urea groups is 1. The first-order valence-electron chi connectivity index (χ1n) is 21.3. The molecule has 4 aliphatic heterocycles. The number of likely N-dealkylation sites (N-methyl/N-ethyl adjacent to an activating group) is 1. The maximum atomic E-state index is 13.3. The van der Waals surface area contributed by atoms with Gasteiger partial charge in [-0.2, -0.15) is 5.10 Å². The van der Waals surface area contributed by atoms with E-state index < -0.39 is 41.6 Å². The number of nitrogens with two attached hydrogens (primary N) is 1. The minimum absolute atomic E-state index is 0.0336. The van der Waals surface area contributed by atoms with E-state index in [0.29, 0.717) is 74.1 Å². The highest BCUT2D eigenvalue weighted by atomic mass is 16.5. The van der Waals surface area contributed by atoms with Crippen LogP contribution in [0.5, 0.6) is 11.5 Å². The molecule has 0 saturated carbocycles. The van der Waals surface area contributed by atoms with Gasteiger partial charge in [0.25, 0.3) is 17.7 Å². The van der Waals surface area contributed by atoms with Gasteiger partial charge in [0.15, 0.2) is 0 Å². The monoisotopic (exact) mass is 858 g/mol. The summed E-state index contributed by atoms with van der Waals surface area (Å²) in [5.41, 5.74) is 8.48. The van der Waals surface area contributed by atoms with E-state index in [-0.39, 0.29) is 48.4 Å². The summed E-state index contributed by atoms with van der Waals surface area (Å²) in [6, 6.07) is 20.2. The van der Waals surface area contributed by atoms with E-state index in [1.807, 2.05) is 76.1 Å². The second-order valence-corrected chi connectivity index (χ2v) is 16.3. The summed E-state index contributed by atoms with van der Waals surface area (Å²) in [6.45, 7) is 3.38. The molecule has 1 unspecified atom stereocenters. The first kappa shape index (κ1) is 42.6. The number of anilines is 1. The quantitative estimate of drug-likeness (QED) is 0.116. The van der Waals surface area contributed by atoms with Gasteiger partial charge in [-0.15, -0.1) is 0 Å². The van der Waals surface area contributed by atoms with Crippen molar-refractivity contribution in [1.29, 1.82) is 0 Å². The Bertz CT molecular complexity index is 2430. The number of ether oxygens (including phenoxy) is 1. The molecule has 2 fully saturated rings. The van der Waals surface area contributed by atoms with Crippen molar-refractivity contribution in [3.63, 3.8) is 0 Å². The van der Waals surface area contributed by atoms with Crippen LogP contribution in [0.4, 0.5) is 10.6 Å². The van der Waals surface area contributed by atoms with E-state index in [1.165, 1.54) is 12.1 Å². The van der Waals surface area contributed by atoms with E-state index >= 15 is 0 Å². The Hall–Kier alpha value is -7.08. The molecule has 4 aliphatic rings. The number of likely N-dealkylation sites (tertiary alicyclic amines) is 1. The number of fused-ring (bicyclic) bond motifs is 2. The number of benzene rings is 3. The van der Waals surface area contributed by atoms with Gasteiger partial charge in [0.05, 0.1) is 17.2 Å². The van der Waals surface area contributed by atoms with Crippen LogP contribution in [0.15, 0.2) is 72.8 Å². The Balaban J connectivity index is 0.765. The molecule has 6 N–H and O–H groups in total. The molecule has 8 rings (SSSR count). The summed E-state index contributed by atoms with van der Waals surface area (Å²) in [5.74, 6) is -0.536. The van der Waals surface area contributed by atoms with Crippen molar-refractivity contribution in [2.24, 2.45) is 11.7 Å². The number of hydrogen-bond donors (Lipinski definition) is 5. The van der Waals surface area contributed by atoms with Gasteiger partial charge in [0, 0.05) is 64.2 Å². The molecule has 18 nitrogen and oxygen atoms in total. The third-order valence-corrected chi connectivity index (χ3v) is 12.2. The number of imide groups is 2. The molecule has 0 aliphatic carbocycles. The number of nitrogens with one attached hydrogen (secondary N) is 4. The van der Waals surface area contributed by atoms with Crippen molar-refractivity contribution in [1.82, 2.24) is 40.4 Å². The van der Waals surface area contributed by atoms with Gasteiger partial charge in [-0.05, 0) is 92.7 Å². The Morgan fingerprint density at radius 2 is 1.60 bits per heavy atom. The second kappa shape index (κ2) is 18.5. The van der Waals surface area contributed by atoms with Crippen LogP contribution in [0, 0.1) is 5.92 Å². The minimum Gasteiger partial charge on any atom is -0.457 e. The summed E-state index contributed by atoms with van der Waals surface area (Å²) in [5, 5.41) is 16.1. The van der Waals surface area contributed by atoms with E-state index in [0.717, 1.165) is 35.5 Å². The van der Waals surface area contributed by atoms with Gasteiger partial charge in [0.2, 0.25) is 17.7 Å². The molecule has 1 aromatic heterocycles. The molecule has 4 aromatic rings. The summed E-state index contributed by atoms with van der Waals surface area (Å²) >= 11 is 0. The van der Waals surface area contributed by atoms with Crippen LogP contribution in [-0.4, -0.2) is 118 Å². The van der Waals surface area contributed by atoms with Crippen molar-refractivity contribution in [3.8, 4) is 22.8 Å². The number of primary amides is 1. The first-order chi connectivity index (χ1) is 30.4. The lowest BCUT2D eigenvalue weighted by atomic mass is 9.86. The smallest absolute Gasteiger partial charge is 0.315 e. The van der Waals surface area contributed by atoms with Crippen LogP contribution in [0.25, 0.3) is 11.3 Å². The normalized spacial score (nSPS) is 18.7. The number of para-hydroxylation sites is 1. The molecular formula is C45H50N10O8. The number of carbonyl (C=O) groups excluding carboxylic acids is 7. The van der Waals surface area contributed by atoms with Crippen molar-refractivity contribution in [3.05, 3.63) is 95.1 Å². The number of hydrogen-bond acceptors (Lipinski definition) is 11. The van der Waals surface area contributed by atoms with E-state index in [4.69, 9.17) is 15.6 Å². The van der Waals surface area contributed by atoms with Crippen molar-refractivity contribution in [2.75, 3.05) is 51.6 Å². The van der Waals surface area contributed by atoms with Gasteiger partial charge in [-0.3, -0.25) is 39.0 Å². The van der Waals surface area contributed by atoms with Gasteiger partial charge in [0.1, 0.15) is 34.6 Å². The highest BCUT2D eigenvalue weighted by Gasteiger charge is 2.44. The largest absolute Gasteiger partial charge is 0.457 e. The lowest BCUT2D eigenvalue weighted by molar-refractivity contribution is -0.136. The lowest BCUT2D eigenvalue weighted by Crippen LogP contribution is -2.54. The molecule has 8 amide bonds. The average molecular weight is 859 g/mol. The van der Waals surface area contributed by atoms with Gasteiger partial charge in [-0.25, -0.2) is 9.48 Å². The fourth-order valence-corrected chi connectivity index (χ4v) is 8.80. The van der Waals surface area contributed by atoms with Crippen LogP contribution < -0.4 is 31.7 Å². The summed E-state index contributed by atoms with van der Waals surface area (Å²) in [6.07, 6.45) is 2.88. The Labute approximate surface area is 363 Å². The van der Waals surface area contributed by atoms with Crippen molar-refractivity contribution >= 4 is 47.3 Å². The zero-order chi connectivity index (χ0) is 44.2. The molecule has 3 aromatic carbocycles. The number of piperidine rings is 2. The first-order valence-corrected chi connectivity index (χ1v) is 21.3. The zero-order valence-corrected chi connectivity index (χ0v) is 34.9. The fraction of sp³-hybridized carbons (Fsp3) is 0.378. The van der Waals surface area contributed by atoms with Crippen LogP contribution in [0.2, 0.25) is 0 Å². The van der Waals surface area contributed by atoms with Crippen molar-refractivity contribution in [2.45, 2.75) is 57.2 Å². The standard InChI is InChI=1S/C45H50N10O8/c1-52(24-20-48-45(62)49-26-27-7-12-32-33(25-27)44(61)54(43(32)60)35-13-14-36(56)50-42(35)59)21-18-37(57)53-22-16-28(17-23-53)34-15-19-47-41-38(40(46)58)39(51-55(34)41)29-8-10-31(11-9-29)63-30-5-3-2-4-6-30/h2-12,25,28,34-35,47H,13-24,26H2,1H3,(H2,46,58)(H2,48,49,62)(H,50,56,59)/t34-,35?/m0/s1. The minimum atomic E-state index is -1.05. The molecular weight excluding hydrogens is 809 g/mol. The van der Waals surface area contributed by atoms with Crippen LogP contribution in [0.3, 0.4) is 0 Å². The van der Waals surface area contributed by atoms with Crippen LogP contribution >= 0.6 is 0 Å². The number of amides is 8. The summed E-state index contributed by atoms with van der Waals surface area (Å²) in [4.78, 5) is 93.5. The molecule has 5 heterocycles. The molecule has 2 saturated heterocycles. The molecule has 0 bridgehead atoms. The fourth-order valence-electron chi connectivity index (χ4n) is 8.80. The summed E-state index contributed by atoms with van der Waals surface area (Å²) < 4.78 is 7.88. The SMILES string of the molecule is CN(CCNC(=O)NCc1ccc2c(c1)C(=O)N(C1CCC(=O)NC1=O)C2=O)CCC(=O)N1CCC([C@@H]2CCNc3c(C(N)=O)c(-c4ccc(Oc5ccccc5)cc4)nn32)CC1. The van der Waals surface area contributed by atoms with Gasteiger partial charge in [-0.1, -0.05) is 24.3 Å². The maximum absolute atomic E-state index is 13.3. The second-order valence-electron chi connectivity index (χ2n) is 16.3. The van der Waals surface area contributed by atoms with E-state index in [1.54, 1.807) is 6.07 Å². The molecule has 63 heavy (non-hydrogen) atoms. The Kier molecular flexibility index (Phi) is 12.5. The number of rotatable bonds is 14. The number of aromatic nitrogens is 2. The zero-order valence-electron chi connectivity index (χ0n) is 34.9. The highest BCUT2D eigenvalue weighted by Crippen LogP contribution is 2.40. The Morgan fingerprint density at radius 3 is 2.33 bits per heavy atom. The highest BCUT2D eigenvalue weighted by molar-refractivity contribution is 6.23. The maximum Gasteiger partial charge on any atom is 0.315 e. The van der Waals surface area contributed by atoms with Gasteiger partial charge >= 0.3 is 6.03 Å². The third kappa shape index (κ3) is 9.25. The van der Waals surface area contributed by atoms with Crippen LogP contribution in [-0.2, 0) is 20.9 Å². The number of carbonyl (C=O) groups is 7. The van der Waals surface area contributed by atoms with Crippen molar-refractivity contribution < 1.29 is 38.3 Å². The third-order valence-electron chi connectivity index (χ3n) is 12.2. The molecule has 328 valence electrons. The van der Waals surface area contributed by atoms with Crippen LogP contribution in [0.1, 0.15) is 81.2 Å². The molecule has 18 heteroatoms. The van der Waals surface area contributed by atoms with E-state index in [2.05, 4.69) is 21.3 Å². The summed E-state index contributed by atoms with van der Waals surface area (Å²) in [7, 11) is 1.89. The average Bonchev–Trinajstić information content (AvgIpc) is 3.80. The topological polar surface area (TPSA) is 230 Å². The van der Waals surface area contributed by atoms with Gasteiger partial charge < -0.3 is 36.2 Å². The molecule has 0 radical (unpaired) electrons.